The van der Waals surface area contributed by atoms with Crippen LogP contribution in [0.3, 0.4) is 0 Å². The van der Waals surface area contributed by atoms with E-state index in [1.54, 1.807) is 11.1 Å². The van der Waals surface area contributed by atoms with Crippen molar-refractivity contribution in [1.29, 1.82) is 0 Å². The zero-order valence-electron chi connectivity index (χ0n) is 9.27. The normalized spacial score (nSPS) is 15.9. The van der Waals surface area contributed by atoms with Gasteiger partial charge in [0.05, 0.1) is 12.2 Å². The second-order valence-corrected chi connectivity index (χ2v) is 3.86. The van der Waals surface area contributed by atoms with Crippen LogP contribution >= 0.6 is 0 Å². The molecule has 1 fully saturated rings. The molecule has 1 saturated heterocycles. The highest BCUT2D eigenvalue weighted by Crippen LogP contribution is 2.13. The summed E-state index contributed by atoms with van der Waals surface area (Å²) in [6, 6.07) is 3.89. The zero-order chi connectivity index (χ0) is 11.5. The number of carbonyl (C=O) groups is 2. The maximum absolute atomic E-state index is 11.5. The number of hydrogen-bond donors (Lipinski definition) is 0. The maximum Gasteiger partial charge on any atom is 0.290 e. The Hall–Kier alpha value is -1.71. The number of amides is 1. The van der Waals surface area contributed by atoms with Gasteiger partial charge >= 0.3 is 0 Å². The number of rotatable bonds is 3. The van der Waals surface area contributed by atoms with Gasteiger partial charge in [-0.2, -0.15) is 0 Å². The molecule has 0 unspecified atom stereocenters. The van der Waals surface area contributed by atoms with Crippen molar-refractivity contribution in [2.24, 2.45) is 0 Å². The van der Waals surface area contributed by atoms with E-state index in [1.165, 1.54) is 0 Å². The quantitative estimate of drug-likeness (QED) is 0.710. The highest BCUT2D eigenvalue weighted by Gasteiger charge is 2.29. The summed E-state index contributed by atoms with van der Waals surface area (Å²) in [7, 11) is 0. The van der Waals surface area contributed by atoms with E-state index in [9.17, 15) is 9.59 Å². The molecule has 1 aromatic heterocycles. The third-order valence-corrected chi connectivity index (χ3v) is 2.84. The molecule has 0 radical (unpaired) electrons. The molecule has 2 heterocycles. The molecule has 0 spiro atoms. The number of nitrogens with zero attached hydrogens (tertiary/aromatic N) is 2. The van der Waals surface area contributed by atoms with Crippen molar-refractivity contribution in [3.63, 3.8) is 0 Å². The van der Waals surface area contributed by atoms with Crippen LogP contribution in [0.4, 0.5) is 0 Å². The Morgan fingerprint density at radius 2 is 2.25 bits per heavy atom. The lowest BCUT2D eigenvalue weighted by atomic mass is 10.1. The molecule has 2 rings (SSSR count). The molecule has 0 aromatic carbocycles. The monoisotopic (exact) mass is 218 g/mol. The second kappa shape index (κ2) is 4.43. The number of pyridine rings is 1. The maximum atomic E-state index is 11.5. The molecule has 1 aliphatic heterocycles. The van der Waals surface area contributed by atoms with Crippen LogP contribution in [-0.4, -0.2) is 28.1 Å². The number of carbonyl (C=O) groups excluding carboxylic acids is 2. The predicted molar refractivity (Wildman–Crippen MR) is 58.7 cm³/mol. The highest BCUT2D eigenvalue weighted by atomic mass is 16.2. The van der Waals surface area contributed by atoms with E-state index in [0.717, 1.165) is 17.7 Å². The summed E-state index contributed by atoms with van der Waals surface area (Å²) in [6.07, 6.45) is 2.95. The fourth-order valence-electron chi connectivity index (χ4n) is 1.89. The van der Waals surface area contributed by atoms with Crippen molar-refractivity contribution in [3.05, 3.63) is 29.6 Å². The average Bonchev–Trinajstić information content (AvgIpc) is 2.62. The van der Waals surface area contributed by atoms with Crippen LogP contribution in [0.15, 0.2) is 18.3 Å². The smallest absolute Gasteiger partial charge is 0.290 e. The molecule has 1 amide bonds. The number of Topliss-reactive ketones (excluding diaryl/α,β-unsaturated/α-hetero) is 1. The van der Waals surface area contributed by atoms with Gasteiger partial charge in [0.25, 0.3) is 5.91 Å². The summed E-state index contributed by atoms with van der Waals surface area (Å²) in [5.41, 5.74) is 2.03. The summed E-state index contributed by atoms with van der Waals surface area (Å²) in [4.78, 5) is 28.4. The van der Waals surface area contributed by atoms with E-state index in [-0.39, 0.29) is 11.7 Å². The summed E-state index contributed by atoms with van der Waals surface area (Å²) in [6.45, 7) is 3.03. The molecule has 0 bridgehead atoms. The SMILES string of the molecule is CCc1cccnc1CN1CCC(=O)C1=O. The Morgan fingerprint density at radius 3 is 2.88 bits per heavy atom. The Labute approximate surface area is 94.3 Å². The van der Waals surface area contributed by atoms with Gasteiger partial charge in [-0.1, -0.05) is 13.0 Å². The molecule has 4 nitrogen and oxygen atoms in total. The third kappa shape index (κ3) is 1.96. The first-order chi connectivity index (χ1) is 7.72. The van der Waals surface area contributed by atoms with E-state index < -0.39 is 0 Å². The minimum Gasteiger partial charge on any atom is -0.330 e. The highest BCUT2D eigenvalue weighted by molar-refractivity contribution is 6.37. The molecular weight excluding hydrogens is 204 g/mol. The van der Waals surface area contributed by atoms with Crippen molar-refractivity contribution in [2.75, 3.05) is 6.54 Å². The van der Waals surface area contributed by atoms with Crippen LogP contribution in [0.1, 0.15) is 24.6 Å². The summed E-state index contributed by atoms with van der Waals surface area (Å²) in [5, 5.41) is 0. The molecule has 0 N–H and O–H groups in total. The van der Waals surface area contributed by atoms with Gasteiger partial charge in [0, 0.05) is 19.2 Å². The average molecular weight is 218 g/mol. The summed E-state index contributed by atoms with van der Waals surface area (Å²) in [5.74, 6) is -0.651. The lowest BCUT2D eigenvalue weighted by molar-refractivity contribution is -0.140. The van der Waals surface area contributed by atoms with Gasteiger partial charge in [0.1, 0.15) is 0 Å². The van der Waals surface area contributed by atoms with E-state index in [1.807, 2.05) is 12.1 Å². The number of aromatic nitrogens is 1. The lowest BCUT2D eigenvalue weighted by Crippen LogP contribution is -2.27. The summed E-state index contributed by atoms with van der Waals surface area (Å²) < 4.78 is 0. The van der Waals surface area contributed by atoms with Gasteiger partial charge in [0.15, 0.2) is 0 Å². The standard InChI is InChI=1S/C12H14N2O2/c1-2-9-4-3-6-13-10(9)8-14-7-5-11(15)12(14)16/h3-4,6H,2,5,7-8H2,1H3. The molecule has 1 aromatic rings. The Balaban J connectivity index is 2.15. The van der Waals surface area contributed by atoms with Crippen LogP contribution in [0.2, 0.25) is 0 Å². The first kappa shape index (κ1) is 10.8. The van der Waals surface area contributed by atoms with Gasteiger partial charge in [-0.25, -0.2) is 0 Å². The second-order valence-electron chi connectivity index (χ2n) is 3.86. The molecule has 0 aliphatic carbocycles. The molecule has 0 atom stereocenters. The largest absolute Gasteiger partial charge is 0.330 e. The third-order valence-electron chi connectivity index (χ3n) is 2.84. The van der Waals surface area contributed by atoms with Crippen LogP contribution in [0, 0.1) is 0 Å². The number of likely N-dealkylation sites (tertiary alicyclic amines) is 1. The lowest BCUT2D eigenvalue weighted by Gasteiger charge is -2.15. The molecule has 1 aliphatic rings. The minimum atomic E-state index is -0.368. The Morgan fingerprint density at radius 1 is 1.44 bits per heavy atom. The first-order valence-corrected chi connectivity index (χ1v) is 5.47. The first-order valence-electron chi connectivity index (χ1n) is 5.47. The predicted octanol–water partition coefficient (Wildman–Crippen LogP) is 0.945. The number of hydrogen-bond acceptors (Lipinski definition) is 3. The van der Waals surface area contributed by atoms with Gasteiger partial charge in [0.2, 0.25) is 5.78 Å². The fraction of sp³-hybridized carbons (Fsp3) is 0.417. The van der Waals surface area contributed by atoms with Gasteiger partial charge < -0.3 is 4.90 Å². The van der Waals surface area contributed by atoms with Crippen LogP contribution < -0.4 is 0 Å². The van der Waals surface area contributed by atoms with Crippen LogP contribution in [0.5, 0.6) is 0 Å². The summed E-state index contributed by atoms with van der Waals surface area (Å²) >= 11 is 0. The van der Waals surface area contributed by atoms with Gasteiger partial charge in [-0.15, -0.1) is 0 Å². The minimum absolute atomic E-state index is 0.283. The molecule has 4 heteroatoms. The zero-order valence-corrected chi connectivity index (χ0v) is 9.27. The Kier molecular flexibility index (Phi) is 2.99. The van der Waals surface area contributed by atoms with Gasteiger partial charge in [-0.3, -0.25) is 14.6 Å². The van der Waals surface area contributed by atoms with E-state index in [2.05, 4.69) is 11.9 Å². The van der Waals surface area contributed by atoms with E-state index >= 15 is 0 Å². The van der Waals surface area contributed by atoms with E-state index in [0.29, 0.717) is 19.5 Å². The molecule has 0 saturated carbocycles. The van der Waals surface area contributed by atoms with Gasteiger partial charge in [-0.05, 0) is 18.1 Å². The van der Waals surface area contributed by atoms with Crippen LogP contribution in [-0.2, 0) is 22.6 Å². The van der Waals surface area contributed by atoms with Crippen LogP contribution in [0.25, 0.3) is 0 Å². The van der Waals surface area contributed by atoms with Crippen molar-refractivity contribution in [2.45, 2.75) is 26.3 Å². The van der Waals surface area contributed by atoms with E-state index in [4.69, 9.17) is 0 Å². The van der Waals surface area contributed by atoms with Crippen molar-refractivity contribution < 1.29 is 9.59 Å². The molecule has 16 heavy (non-hydrogen) atoms. The molecule has 84 valence electrons. The Bertz CT molecular complexity index is 429. The van der Waals surface area contributed by atoms with Crippen molar-refractivity contribution >= 4 is 11.7 Å². The molecular formula is C12H14N2O2. The fourth-order valence-corrected chi connectivity index (χ4v) is 1.89. The van der Waals surface area contributed by atoms with Crippen molar-refractivity contribution in [3.8, 4) is 0 Å². The topological polar surface area (TPSA) is 50.3 Å². The van der Waals surface area contributed by atoms with Crippen molar-refractivity contribution in [1.82, 2.24) is 9.88 Å². The number of ketones is 1. The number of aryl methyl sites for hydroxylation is 1.